The van der Waals surface area contributed by atoms with Gasteiger partial charge in [-0.3, -0.25) is 0 Å². The minimum atomic E-state index is 0.231. The molecule has 0 spiro atoms. The monoisotopic (exact) mass is 130 g/mol. The molecule has 0 N–H and O–H groups in total. The van der Waals surface area contributed by atoms with Crippen LogP contribution in [0, 0.1) is 0 Å². The van der Waals surface area contributed by atoms with Gasteiger partial charge < -0.3 is 9.80 Å². The molecule has 0 aromatic rings. The average Bonchev–Trinajstić information content (AvgIpc) is 1.98. The van der Waals surface area contributed by atoms with Crippen molar-refractivity contribution in [2.45, 2.75) is 5.50 Å². The van der Waals surface area contributed by atoms with Gasteiger partial charge in [-0.2, -0.15) is 0 Å². The van der Waals surface area contributed by atoms with E-state index in [1.165, 1.54) is 0 Å². The molecule has 0 radical (unpaired) electrons. The van der Waals surface area contributed by atoms with Crippen LogP contribution in [0.5, 0.6) is 0 Å². The van der Waals surface area contributed by atoms with Crippen LogP contribution in [0.4, 0.5) is 0 Å². The van der Waals surface area contributed by atoms with Crippen molar-refractivity contribution in [3.8, 4) is 0 Å². The van der Waals surface area contributed by atoms with Crippen LogP contribution in [-0.2, 0) is 0 Å². The van der Waals surface area contributed by atoms with Crippen molar-refractivity contribution in [2.24, 2.45) is 0 Å². The van der Waals surface area contributed by atoms with Crippen LogP contribution in [0.1, 0.15) is 0 Å². The van der Waals surface area contributed by atoms with Gasteiger partial charge in [-0.15, -0.1) is 12.6 Å². The molecule has 0 aromatic carbocycles. The smallest absolute Gasteiger partial charge is 0.146 e. The SMILES string of the molecule is CN1C=CN(C)C1S. The van der Waals surface area contributed by atoms with Crippen LogP contribution in [-0.4, -0.2) is 29.4 Å². The summed E-state index contributed by atoms with van der Waals surface area (Å²) >= 11 is 4.27. The van der Waals surface area contributed by atoms with E-state index in [1.807, 2.05) is 36.3 Å². The van der Waals surface area contributed by atoms with Gasteiger partial charge in [0, 0.05) is 26.5 Å². The fourth-order valence-electron chi connectivity index (χ4n) is 0.652. The highest BCUT2D eigenvalue weighted by Crippen LogP contribution is 2.12. The first-order valence-corrected chi connectivity index (χ1v) is 3.04. The quantitative estimate of drug-likeness (QED) is 0.478. The standard InChI is InChI=1S/C5H10N2S/c1-6-3-4-7(2)5(6)8/h3-5,8H,1-2H3. The third-order valence-electron chi connectivity index (χ3n) is 1.27. The van der Waals surface area contributed by atoms with E-state index >= 15 is 0 Å². The van der Waals surface area contributed by atoms with Gasteiger partial charge in [0.05, 0.1) is 0 Å². The van der Waals surface area contributed by atoms with E-state index in [9.17, 15) is 0 Å². The van der Waals surface area contributed by atoms with Crippen molar-refractivity contribution in [1.82, 2.24) is 9.80 Å². The number of hydrogen-bond donors (Lipinski definition) is 1. The van der Waals surface area contributed by atoms with E-state index in [0.717, 1.165) is 0 Å². The average molecular weight is 130 g/mol. The number of hydrogen-bond acceptors (Lipinski definition) is 3. The van der Waals surface area contributed by atoms with Crippen LogP contribution >= 0.6 is 12.6 Å². The normalized spacial score (nSPS) is 20.9. The predicted molar refractivity (Wildman–Crippen MR) is 37.4 cm³/mol. The van der Waals surface area contributed by atoms with Gasteiger partial charge in [0.25, 0.3) is 0 Å². The summed E-state index contributed by atoms with van der Waals surface area (Å²) in [6.07, 6.45) is 4.00. The third kappa shape index (κ3) is 0.777. The maximum atomic E-state index is 4.27. The Kier molecular flexibility index (Phi) is 1.38. The Morgan fingerprint density at radius 2 is 1.62 bits per heavy atom. The summed E-state index contributed by atoms with van der Waals surface area (Å²) in [5.41, 5.74) is 0.231. The minimum Gasteiger partial charge on any atom is -0.351 e. The first-order chi connectivity index (χ1) is 3.72. The zero-order valence-electron chi connectivity index (χ0n) is 5.07. The second kappa shape index (κ2) is 1.90. The fourth-order valence-corrected chi connectivity index (χ4v) is 0.806. The predicted octanol–water partition coefficient (Wildman–Crippen LogP) is 0.548. The van der Waals surface area contributed by atoms with Crippen molar-refractivity contribution in [1.29, 1.82) is 0 Å². The van der Waals surface area contributed by atoms with Gasteiger partial charge >= 0.3 is 0 Å². The Morgan fingerprint density at radius 1 is 1.25 bits per heavy atom. The Bertz CT molecular complexity index is 101. The maximum absolute atomic E-state index is 4.27. The lowest BCUT2D eigenvalue weighted by molar-refractivity contribution is 0.304. The molecule has 0 saturated heterocycles. The Hall–Kier alpha value is -0.310. The molecular weight excluding hydrogens is 120 g/mol. The van der Waals surface area contributed by atoms with Gasteiger partial charge in [-0.25, -0.2) is 0 Å². The lowest BCUT2D eigenvalue weighted by Crippen LogP contribution is -2.28. The van der Waals surface area contributed by atoms with Gasteiger partial charge in [0.2, 0.25) is 0 Å². The largest absolute Gasteiger partial charge is 0.351 e. The van der Waals surface area contributed by atoms with E-state index in [-0.39, 0.29) is 5.50 Å². The second-order valence-corrected chi connectivity index (χ2v) is 2.44. The van der Waals surface area contributed by atoms with Gasteiger partial charge in [-0.1, -0.05) is 0 Å². The van der Waals surface area contributed by atoms with E-state index in [0.29, 0.717) is 0 Å². The summed E-state index contributed by atoms with van der Waals surface area (Å²) in [5, 5.41) is 0. The highest BCUT2D eigenvalue weighted by Gasteiger charge is 2.13. The molecule has 0 aromatic heterocycles. The Morgan fingerprint density at radius 3 is 1.75 bits per heavy atom. The first-order valence-electron chi connectivity index (χ1n) is 2.52. The van der Waals surface area contributed by atoms with E-state index < -0.39 is 0 Å². The lowest BCUT2D eigenvalue weighted by atomic mass is 10.8. The van der Waals surface area contributed by atoms with Gasteiger partial charge in [-0.05, 0) is 0 Å². The molecule has 3 heteroatoms. The molecule has 0 aliphatic carbocycles. The zero-order valence-corrected chi connectivity index (χ0v) is 5.97. The highest BCUT2D eigenvalue weighted by molar-refractivity contribution is 7.80. The molecule has 1 aliphatic rings. The van der Waals surface area contributed by atoms with Crippen molar-refractivity contribution in [2.75, 3.05) is 14.1 Å². The summed E-state index contributed by atoms with van der Waals surface area (Å²) < 4.78 is 0. The molecular formula is C5H10N2S. The van der Waals surface area contributed by atoms with Crippen LogP contribution < -0.4 is 0 Å². The molecule has 1 aliphatic heterocycles. The topological polar surface area (TPSA) is 6.48 Å². The van der Waals surface area contributed by atoms with Crippen LogP contribution in [0.3, 0.4) is 0 Å². The molecule has 0 amide bonds. The number of nitrogens with zero attached hydrogens (tertiary/aromatic N) is 2. The Labute approximate surface area is 55.2 Å². The second-order valence-electron chi connectivity index (χ2n) is 1.98. The molecule has 8 heavy (non-hydrogen) atoms. The van der Waals surface area contributed by atoms with Crippen LogP contribution in [0.15, 0.2) is 12.4 Å². The van der Waals surface area contributed by atoms with Gasteiger partial charge in [0.15, 0.2) is 0 Å². The van der Waals surface area contributed by atoms with Crippen molar-refractivity contribution in [3.05, 3.63) is 12.4 Å². The van der Waals surface area contributed by atoms with E-state index in [2.05, 4.69) is 12.6 Å². The number of rotatable bonds is 0. The molecule has 1 heterocycles. The van der Waals surface area contributed by atoms with Gasteiger partial charge in [0.1, 0.15) is 5.50 Å². The summed E-state index contributed by atoms with van der Waals surface area (Å²) in [7, 11) is 4.00. The first kappa shape index (κ1) is 5.82. The van der Waals surface area contributed by atoms with Crippen LogP contribution in [0.2, 0.25) is 0 Å². The molecule has 0 fully saturated rings. The van der Waals surface area contributed by atoms with Crippen molar-refractivity contribution < 1.29 is 0 Å². The molecule has 0 atom stereocenters. The van der Waals surface area contributed by atoms with Crippen LogP contribution in [0.25, 0.3) is 0 Å². The summed E-state index contributed by atoms with van der Waals surface area (Å²) in [6.45, 7) is 0. The third-order valence-corrected chi connectivity index (χ3v) is 1.99. The number of thiol groups is 1. The molecule has 0 unspecified atom stereocenters. The lowest BCUT2D eigenvalue weighted by Gasteiger charge is -2.21. The molecule has 0 saturated carbocycles. The Balaban J connectivity index is 2.55. The van der Waals surface area contributed by atoms with Crippen molar-refractivity contribution in [3.63, 3.8) is 0 Å². The zero-order chi connectivity index (χ0) is 6.15. The molecule has 46 valence electrons. The minimum absolute atomic E-state index is 0.231. The summed E-state index contributed by atoms with van der Waals surface area (Å²) in [6, 6.07) is 0. The van der Waals surface area contributed by atoms with Crippen molar-refractivity contribution >= 4 is 12.6 Å². The molecule has 2 nitrogen and oxygen atoms in total. The highest BCUT2D eigenvalue weighted by atomic mass is 32.1. The maximum Gasteiger partial charge on any atom is 0.146 e. The molecule has 0 bridgehead atoms. The fraction of sp³-hybridized carbons (Fsp3) is 0.600. The summed E-state index contributed by atoms with van der Waals surface area (Å²) in [5.74, 6) is 0. The summed E-state index contributed by atoms with van der Waals surface area (Å²) in [4.78, 5) is 4.06. The van der Waals surface area contributed by atoms with E-state index in [1.54, 1.807) is 0 Å². The molecule has 1 rings (SSSR count). The van der Waals surface area contributed by atoms with E-state index in [4.69, 9.17) is 0 Å².